The van der Waals surface area contributed by atoms with Gasteiger partial charge in [0.15, 0.2) is 5.96 Å². The lowest BCUT2D eigenvalue weighted by Gasteiger charge is -2.21. The zero-order valence-corrected chi connectivity index (χ0v) is 14.8. The van der Waals surface area contributed by atoms with E-state index in [-0.39, 0.29) is 6.04 Å². The summed E-state index contributed by atoms with van der Waals surface area (Å²) in [6.07, 6.45) is 1.71. The number of benzene rings is 2. The lowest BCUT2D eigenvalue weighted by Crippen LogP contribution is -2.37. The highest BCUT2D eigenvalue weighted by molar-refractivity contribution is 7.86. The van der Waals surface area contributed by atoms with Crippen LogP contribution in [0.25, 0.3) is 0 Å². The van der Waals surface area contributed by atoms with Gasteiger partial charge in [0.05, 0.1) is 18.8 Å². The van der Waals surface area contributed by atoms with Crippen molar-refractivity contribution in [3.05, 3.63) is 65.7 Å². The van der Waals surface area contributed by atoms with Crippen LogP contribution >= 0.6 is 0 Å². The van der Waals surface area contributed by atoms with Crippen molar-refractivity contribution in [2.75, 3.05) is 19.3 Å². The van der Waals surface area contributed by atoms with E-state index in [9.17, 15) is 8.42 Å². The average molecular weight is 359 g/mol. The third-order valence-electron chi connectivity index (χ3n) is 3.77. The summed E-state index contributed by atoms with van der Waals surface area (Å²) in [4.78, 5) is 4.40. The molecule has 1 heterocycles. The molecule has 0 bridgehead atoms. The predicted molar refractivity (Wildman–Crippen MR) is 98.2 cm³/mol. The zero-order valence-electron chi connectivity index (χ0n) is 14.0. The minimum absolute atomic E-state index is 0.0130. The molecule has 3 rings (SSSR count). The van der Waals surface area contributed by atoms with Gasteiger partial charge in [-0.05, 0) is 29.7 Å². The van der Waals surface area contributed by atoms with Gasteiger partial charge in [-0.3, -0.25) is 4.99 Å². The second kappa shape index (κ2) is 7.57. The molecular weight excluding hydrogens is 338 g/mol. The van der Waals surface area contributed by atoms with Gasteiger partial charge >= 0.3 is 10.1 Å². The summed E-state index contributed by atoms with van der Waals surface area (Å²) >= 11 is 0. The van der Waals surface area contributed by atoms with E-state index in [2.05, 4.69) is 27.8 Å². The summed E-state index contributed by atoms with van der Waals surface area (Å²) in [7, 11) is -3.54. The fourth-order valence-electron chi connectivity index (χ4n) is 2.73. The van der Waals surface area contributed by atoms with E-state index >= 15 is 0 Å². The van der Waals surface area contributed by atoms with Crippen LogP contribution in [0.1, 0.15) is 17.2 Å². The van der Waals surface area contributed by atoms with Crippen molar-refractivity contribution in [1.82, 2.24) is 10.6 Å². The fourth-order valence-corrected chi connectivity index (χ4v) is 3.19. The second-order valence-electron chi connectivity index (χ2n) is 5.90. The topological polar surface area (TPSA) is 79.8 Å². The van der Waals surface area contributed by atoms with Crippen LogP contribution in [-0.2, 0) is 16.5 Å². The van der Waals surface area contributed by atoms with Gasteiger partial charge in [-0.15, -0.1) is 0 Å². The molecular formula is C18H21N3O3S. The number of nitrogens with one attached hydrogen (secondary N) is 2. The van der Waals surface area contributed by atoms with E-state index in [1.807, 2.05) is 24.3 Å². The molecule has 25 heavy (non-hydrogen) atoms. The monoisotopic (exact) mass is 359 g/mol. The number of nitrogens with zero attached hydrogens (tertiary/aromatic N) is 1. The molecule has 0 aromatic heterocycles. The number of rotatable bonds is 6. The van der Waals surface area contributed by atoms with E-state index in [0.717, 1.165) is 36.4 Å². The molecule has 2 aromatic rings. The summed E-state index contributed by atoms with van der Waals surface area (Å²) in [6, 6.07) is 17.2. The molecule has 0 aliphatic carbocycles. The van der Waals surface area contributed by atoms with Gasteiger partial charge in [-0.25, -0.2) is 0 Å². The van der Waals surface area contributed by atoms with Crippen molar-refractivity contribution in [1.29, 1.82) is 0 Å². The van der Waals surface area contributed by atoms with Crippen molar-refractivity contribution < 1.29 is 12.6 Å². The molecule has 1 atom stereocenters. The van der Waals surface area contributed by atoms with Gasteiger partial charge in [0.25, 0.3) is 0 Å². The Morgan fingerprint density at radius 2 is 2.00 bits per heavy atom. The van der Waals surface area contributed by atoms with Crippen molar-refractivity contribution in [2.24, 2.45) is 4.99 Å². The first kappa shape index (κ1) is 17.3. The Morgan fingerprint density at radius 3 is 2.68 bits per heavy atom. The van der Waals surface area contributed by atoms with E-state index in [0.29, 0.717) is 12.2 Å². The van der Waals surface area contributed by atoms with Gasteiger partial charge in [-0.1, -0.05) is 42.5 Å². The van der Waals surface area contributed by atoms with Crippen LogP contribution in [0.5, 0.6) is 5.75 Å². The van der Waals surface area contributed by atoms with Crippen molar-refractivity contribution in [2.45, 2.75) is 12.5 Å². The quantitative estimate of drug-likeness (QED) is 0.770. The molecule has 0 spiro atoms. The average Bonchev–Trinajstić information content (AvgIpc) is 3.07. The lowest BCUT2D eigenvalue weighted by atomic mass is 9.99. The molecule has 2 aromatic carbocycles. The Kier molecular flexibility index (Phi) is 5.23. The molecule has 0 fully saturated rings. The molecule has 0 saturated carbocycles. The van der Waals surface area contributed by atoms with Crippen LogP contribution in [-0.4, -0.2) is 33.7 Å². The predicted octanol–water partition coefficient (Wildman–Crippen LogP) is 1.86. The van der Waals surface area contributed by atoms with Crippen molar-refractivity contribution in [3.63, 3.8) is 0 Å². The maximum absolute atomic E-state index is 11.3. The second-order valence-corrected chi connectivity index (χ2v) is 7.48. The normalized spacial score (nSPS) is 15.2. The van der Waals surface area contributed by atoms with Gasteiger partial charge in [0, 0.05) is 6.54 Å². The minimum atomic E-state index is -3.54. The van der Waals surface area contributed by atoms with Crippen molar-refractivity contribution >= 4 is 16.1 Å². The maximum Gasteiger partial charge on any atom is 0.306 e. The summed E-state index contributed by atoms with van der Waals surface area (Å²) in [5, 5.41) is 6.65. The van der Waals surface area contributed by atoms with Crippen LogP contribution in [0.15, 0.2) is 59.6 Å². The van der Waals surface area contributed by atoms with Crippen LogP contribution in [0.3, 0.4) is 0 Å². The molecule has 1 unspecified atom stereocenters. The Morgan fingerprint density at radius 1 is 1.20 bits per heavy atom. The molecule has 1 aliphatic heterocycles. The fraction of sp³-hybridized carbons (Fsp3) is 0.278. The number of aliphatic imine (C=N–C) groups is 1. The van der Waals surface area contributed by atoms with Gasteiger partial charge in [0.1, 0.15) is 5.75 Å². The lowest BCUT2D eigenvalue weighted by molar-refractivity contribution is 0.492. The molecule has 1 aliphatic rings. The van der Waals surface area contributed by atoms with Gasteiger partial charge < -0.3 is 14.8 Å². The standard InChI is InChI=1S/C18H21N3O3S/c1-25(22,23)24-16-9-5-6-14(12-16)13-17(15-7-3-2-4-8-15)21-18-19-10-11-20-18/h2-9,12,17H,10-11,13H2,1H3,(H2,19,20,21). The molecule has 2 N–H and O–H groups in total. The number of hydrogen-bond donors (Lipinski definition) is 2. The Labute approximate surface area is 148 Å². The molecule has 7 heteroatoms. The molecule has 0 amide bonds. The molecule has 6 nitrogen and oxygen atoms in total. The summed E-state index contributed by atoms with van der Waals surface area (Å²) in [6.45, 7) is 1.60. The Bertz CT molecular complexity index is 851. The van der Waals surface area contributed by atoms with Crippen molar-refractivity contribution in [3.8, 4) is 5.75 Å². The third kappa shape index (κ3) is 5.22. The van der Waals surface area contributed by atoms with E-state index in [1.54, 1.807) is 18.2 Å². The van der Waals surface area contributed by atoms with Crippen LogP contribution in [0.2, 0.25) is 0 Å². The number of hydrogen-bond acceptors (Lipinski definition) is 6. The van der Waals surface area contributed by atoms with Gasteiger partial charge in [-0.2, -0.15) is 8.42 Å². The highest BCUT2D eigenvalue weighted by Crippen LogP contribution is 2.22. The van der Waals surface area contributed by atoms with Crippen LogP contribution in [0.4, 0.5) is 0 Å². The summed E-state index contributed by atoms with van der Waals surface area (Å²) < 4.78 is 27.6. The van der Waals surface area contributed by atoms with E-state index in [4.69, 9.17) is 4.18 Å². The van der Waals surface area contributed by atoms with Crippen LogP contribution < -0.4 is 14.8 Å². The van der Waals surface area contributed by atoms with E-state index in [1.165, 1.54) is 0 Å². The van der Waals surface area contributed by atoms with Crippen LogP contribution in [0, 0.1) is 0 Å². The third-order valence-corrected chi connectivity index (χ3v) is 4.27. The van der Waals surface area contributed by atoms with E-state index < -0.39 is 10.1 Å². The SMILES string of the molecule is CS(=O)(=O)Oc1cccc(CC(NC2=NCCN2)c2ccccc2)c1. The first-order valence-corrected chi connectivity index (χ1v) is 9.89. The first-order valence-electron chi connectivity index (χ1n) is 8.08. The highest BCUT2D eigenvalue weighted by Gasteiger charge is 2.16. The number of guanidine groups is 1. The first-order chi connectivity index (χ1) is 12.0. The molecule has 0 saturated heterocycles. The Balaban J connectivity index is 1.81. The maximum atomic E-state index is 11.3. The molecule has 132 valence electrons. The largest absolute Gasteiger partial charge is 0.383 e. The molecule has 0 radical (unpaired) electrons. The smallest absolute Gasteiger partial charge is 0.306 e. The Hall–Kier alpha value is -2.54. The highest BCUT2D eigenvalue weighted by atomic mass is 32.2. The zero-order chi connectivity index (χ0) is 17.7. The summed E-state index contributed by atoms with van der Waals surface area (Å²) in [5.74, 6) is 1.11. The summed E-state index contributed by atoms with van der Waals surface area (Å²) in [5.41, 5.74) is 2.11. The minimum Gasteiger partial charge on any atom is -0.383 e. The van der Waals surface area contributed by atoms with Gasteiger partial charge in [0.2, 0.25) is 0 Å².